The van der Waals surface area contributed by atoms with Crippen molar-refractivity contribution in [3.05, 3.63) is 29.8 Å². The van der Waals surface area contributed by atoms with Gasteiger partial charge in [-0.05, 0) is 37.0 Å². The van der Waals surface area contributed by atoms with E-state index < -0.39 is 0 Å². The summed E-state index contributed by atoms with van der Waals surface area (Å²) in [6, 6.07) is 8.26. The van der Waals surface area contributed by atoms with Crippen LogP contribution >= 0.6 is 0 Å². The standard InChI is InChI=1S/C15H23NO2/c1-3-15(17)12-6-8-13(9-7-12)16-10-4-5-14(11-16)18-2/h6-9,14-15,17H,3-5,10-11H2,1-2H3/t14?,15-/m1/s1. The summed E-state index contributed by atoms with van der Waals surface area (Å²) in [6.45, 7) is 4.05. The number of hydrogen-bond donors (Lipinski definition) is 1. The second kappa shape index (κ2) is 6.21. The van der Waals surface area contributed by atoms with Crippen LogP contribution in [0.4, 0.5) is 5.69 Å². The molecule has 1 aliphatic rings. The minimum atomic E-state index is -0.341. The van der Waals surface area contributed by atoms with Gasteiger partial charge in [0, 0.05) is 25.9 Å². The SMILES string of the molecule is CC[C@@H](O)c1ccc(N2CCCC(OC)C2)cc1. The molecule has 1 fully saturated rings. The van der Waals surface area contributed by atoms with E-state index in [1.54, 1.807) is 7.11 Å². The van der Waals surface area contributed by atoms with Crippen molar-refractivity contribution in [2.75, 3.05) is 25.1 Å². The predicted octanol–water partition coefficient (Wildman–Crippen LogP) is 2.75. The molecule has 1 unspecified atom stereocenters. The highest BCUT2D eigenvalue weighted by molar-refractivity contribution is 5.48. The molecule has 3 heteroatoms. The molecular formula is C15H23NO2. The fourth-order valence-corrected chi connectivity index (χ4v) is 2.51. The molecule has 1 heterocycles. The van der Waals surface area contributed by atoms with E-state index in [9.17, 15) is 5.11 Å². The third kappa shape index (κ3) is 3.03. The summed E-state index contributed by atoms with van der Waals surface area (Å²) in [5.74, 6) is 0. The number of aliphatic hydroxyl groups is 1. The molecule has 1 N–H and O–H groups in total. The molecule has 1 aromatic carbocycles. The van der Waals surface area contributed by atoms with Crippen LogP contribution in [-0.2, 0) is 4.74 Å². The zero-order valence-electron chi connectivity index (χ0n) is 11.3. The first-order valence-corrected chi connectivity index (χ1v) is 6.80. The lowest BCUT2D eigenvalue weighted by atomic mass is 10.0. The number of hydrogen-bond acceptors (Lipinski definition) is 3. The van der Waals surface area contributed by atoms with Crippen molar-refractivity contribution >= 4 is 5.69 Å². The smallest absolute Gasteiger partial charge is 0.0787 e. The van der Waals surface area contributed by atoms with Gasteiger partial charge in [0.15, 0.2) is 0 Å². The van der Waals surface area contributed by atoms with E-state index in [1.165, 1.54) is 12.1 Å². The monoisotopic (exact) mass is 249 g/mol. The van der Waals surface area contributed by atoms with Gasteiger partial charge in [0.1, 0.15) is 0 Å². The van der Waals surface area contributed by atoms with E-state index in [1.807, 2.05) is 19.1 Å². The minimum absolute atomic E-state index is 0.341. The number of benzene rings is 1. The quantitative estimate of drug-likeness (QED) is 0.890. The lowest BCUT2D eigenvalue weighted by Crippen LogP contribution is -2.39. The molecule has 0 bridgehead atoms. The van der Waals surface area contributed by atoms with Gasteiger partial charge < -0.3 is 14.7 Å². The van der Waals surface area contributed by atoms with E-state index in [2.05, 4.69) is 17.0 Å². The van der Waals surface area contributed by atoms with Crippen LogP contribution in [0.2, 0.25) is 0 Å². The first kappa shape index (κ1) is 13.4. The van der Waals surface area contributed by atoms with Gasteiger partial charge in [0.05, 0.1) is 12.2 Å². The second-order valence-corrected chi connectivity index (χ2v) is 4.96. The third-order valence-corrected chi connectivity index (χ3v) is 3.74. The summed E-state index contributed by atoms with van der Waals surface area (Å²) in [4.78, 5) is 2.36. The summed E-state index contributed by atoms with van der Waals surface area (Å²) in [7, 11) is 1.79. The van der Waals surface area contributed by atoms with E-state index in [0.717, 1.165) is 31.5 Å². The zero-order valence-corrected chi connectivity index (χ0v) is 11.3. The van der Waals surface area contributed by atoms with Crippen molar-refractivity contribution in [3.8, 4) is 0 Å². The molecular weight excluding hydrogens is 226 g/mol. The third-order valence-electron chi connectivity index (χ3n) is 3.74. The van der Waals surface area contributed by atoms with Crippen LogP contribution in [0.5, 0.6) is 0 Å². The van der Waals surface area contributed by atoms with Gasteiger partial charge in [-0.15, -0.1) is 0 Å². The number of piperidine rings is 1. The Bertz CT molecular complexity index is 363. The van der Waals surface area contributed by atoms with Crippen molar-refractivity contribution in [2.45, 2.75) is 38.4 Å². The molecule has 18 heavy (non-hydrogen) atoms. The number of ether oxygens (including phenoxy) is 1. The summed E-state index contributed by atoms with van der Waals surface area (Å²) in [5, 5.41) is 9.78. The highest BCUT2D eigenvalue weighted by atomic mass is 16.5. The molecule has 0 saturated carbocycles. The predicted molar refractivity (Wildman–Crippen MR) is 73.9 cm³/mol. The van der Waals surface area contributed by atoms with Gasteiger partial charge in [-0.25, -0.2) is 0 Å². The first-order valence-electron chi connectivity index (χ1n) is 6.80. The van der Waals surface area contributed by atoms with Crippen molar-refractivity contribution in [1.29, 1.82) is 0 Å². The first-order chi connectivity index (χ1) is 8.74. The van der Waals surface area contributed by atoms with Crippen LogP contribution in [0, 0.1) is 0 Å². The van der Waals surface area contributed by atoms with Crippen LogP contribution in [0.3, 0.4) is 0 Å². The molecule has 0 aromatic heterocycles. The van der Waals surface area contributed by atoms with E-state index >= 15 is 0 Å². The average molecular weight is 249 g/mol. The molecule has 0 aliphatic carbocycles. The van der Waals surface area contributed by atoms with Crippen LogP contribution in [0.1, 0.15) is 37.9 Å². The number of rotatable bonds is 4. The van der Waals surface area contributed by atoms with Gasteiger partial charge in [-0.3, -0.25) is 0 Å². The van der Waals surface area contributed by atoms with Crippen LogP contribution < -0.4 is 4.90 Å². The van der Waals surface area contributed by atoms with E-state index in [4.69, 9.17) is 4.74 Å². The number of methoxy groups -OCH3 is 1. The van der Waals surface area contributed by atoms with Gasteiger partial charge in [0.2, 0.25) is 0 Å². The largest absolute Gasteiger partial charge is 0.388 e. The van der Waals surface area contributed by atoms with Crippen molar-refractivity contribution in [3.63, 3.8) is 0 Å². The second-order valence-electron chi connectivity index (χ2n) is 4.96. The number of aliphatic hydroxyl groups excluding tert-OH is 1. The van der Waals surface area contributed by atoms with Gasteiger partial charge in [0.25, 0.3) is 0 Å². The Kier molecular flexibility index (Phi) is 4.61. The molecule has 100 valence electrons. The Morgan fingerprint density at radius 2 is 2.11 bits per heavy atom. The Labute approximate surface area is 109 Å². The molecule has 2 atom stereocenters. The lowest BCUT2D eigenvalue weighted by Gasteiger charge is -2.33. The molecule has 0 amide bonds. The van der Waals surface area contributed by atoms with Gasteiger partial charge >= 0.3 is 0 Å². The highest BCUT2D eigenvalue weighted by Crippen LogP contribution is 2.24. The maximum atomic E-state index is 9.78. The van der Waals surface area contributed by atoms with Crippen LogP contribution in [-0.4, -0.2) is 31.4 Å². The van der Waals surface area contributed by atoms with Gasteiger partial charge in [-0.2, -0.15) is 0 Å². The van der Waals surface area contributed by atoms with Crippen LogP contribution in [0.15, 0.2) is 24.3 Å². The Hall–Kier alpha value is -1.06. The molecule has 1 saturated heterocycles. The maximum Gasteiger partial charge on any atom is 0.0787 e. The Morgan fingerprint density at radius 3 is 2.72 bits per heavy atom. The number of anilines is 1. The molecule has 0 spiro atoms. The molecule has 3 nitrogen and oxygen atoms in total. The fraction of sp³-hybridized carbons (Fsp3) is 0.600. The Morgan fingerprint density at radius 1 is 1.39 bits per heavy atom. The van der Waals surface area contributed by atoms with E-state index in [0.29, 0.717) is 6.10 Å². The summed E-state index contributed by atoms with van der Waals surface area (Å²) >= 11 is 0. The minimum Gasteiger partial charge on any atom is -0.388 e. The normalized spacial score (nSPS) is 21.9. The summed E-state index contributed by atoms with van der Waals surface area (Å²) in [6.07, 6.45) is 3.10. The maximum absolute atomic E-state index is 9.78. The molecule has 0 radical (unpaired) electrons. The summed E-state index contributed by atoms with van der Waals surface area (Å²) in [5.41, 5.74) is 2.23. The molecule has 1 aromatic rings. The lowest BCUT2D eigenvalue weighted by molar-refractivity contribution is 0.0893. The molecule has 1 aliphatic heterocycles. The highest BCUT2D eigenvalue weighted by Gasteiger charge is 2.19. The zero-order chi connectivity index (χ0) is 13.0. The van der Waals surface area contributed by atoms with Crippen molar-refractivity contribution in [1.82, 2.24) is 0 Å². The summed E-state index contributed by atoms with van der Waals surface area (Å²) < 4.78 is 5.44. The Balaban J connectivity index is 2.04. The van der Waals surface area contributed by atoms with Crippen LogP contribution in [0.25, 0.3) is 0 Å². The van der Waals surface area contributed by atoms with Crippen molar-refractivity contribution < 1.29 is 9.84 Å². The average Bonchev–Trinajstić information content (AvgIpc) is 2.46. The van der Waals surface area contributed by atoms with Gasteiger partial charge in [-0.1, -0.05) is 19.1 Å². The topological polar surface area (TPSA) is 32.7 Å². The molecule has 2 rings (SSSR count). The fourth-order valence-electron chi connectivity index (χ4n) is 2.51. The number of nitrogens with zero attached hydrogens (tertiary/aromatic N) is 1. The van der Waals surface area contributed by atoms with Crippen molar-refractivity contribution in [2.24, 2.45) is 0 Å². The van der Waals surface area contributed by atoms with E-state index in [-0.39, 0.29) is 6.10 Å².